The summed E-state index contributed by atoms with van der Waals surface area (Å²) in [6.07, 6.45) is 1.59. The molecule has 0 radical (unpaired) electrons. The molecule has 1 aliphatic heterocycles. The zero-order valence-corrected chi connectivity index (χ0v) is 16.7. The van der Waals surface area contributed by atoms with E-state index in [1.54, 1.807) is 20.5 Å². The van der Waals surface area contributed by atoms with Crippen LogP contribution in [0.15, 0.2) is 60.9 Å². The monoisotopic (exact) mass is 391 g/mol. The van der Waals surface area contributed by atoms with Gasteiger partial charge in [0.1, 0.15) is 29.5 Å². The summed E-state index contributed by atoms with van der Waals surface area (Å²) in [6, 6.07) is 18.1. The van der Waals surface area contributed by atoms with Crippen molar-refractivity contribution < 1.29 is 9.47 Å². The minimum absolute atomic E-state index is 0.695. The van der Waals surface area contributed by atoms with E-state index >= 15 is 0 Å². The molecule has 2 heterocycles. The number of piperazine rings is 1. The molecule has 7 heteroatoms. The van der Waals surface area contributed by atoms with Crippen LogP contribution in [0.1, 0.15) is 0 Å². The second kappa shape index (κ2) is 8.68. The number of nitrogens with one attached hydrogen (secondary N) is 1. The number of para-hydroxylation sites is 1. The number of nitrogens with zero attached hydrogens (tertiary/aromatic N) is 4. The summed E-state index contributed by atoms with van der Waals surface area (Å²) in [5, 5.41) is 3.32. The molecule has 29 heavy (non-hydrogen) atoms. The van der Waals surface area contributed by atoms with Gasteiger partial charge in [0.2, 0.25) is 0 Å². The molecule has 0 aliphatic carbocycles. The summed E-state index contributed by atoms with van der Waals surface area (Å²) in [5.41, 5.74) is 2.09. The lowest BCUT2D eigenvalue weighted by Crippen LogP contribution is -2.46. The average Bonchev–Trinajstić information content (AvgIpc) is 2.80. The Morgan fingerprint density at radius 1 is 0.828 bits per heavy atom. The van der Waals surface area contributed by atoms with Gasteiger partial charge in [-0.3, -0.25) is 0 Å². The number of hydrogen-bond donors (Lipinski definition) is 1. The second-order valence-corrected chi connectivity index (χ2v) is 6.76. The summed E-state index contributed by atoms with van der Waals surface area (Å²) in [7, 11) is 3.27. The van der Waals surface area contributed by atoms with Crippen LogP contribution in [0, 0.1) is 0 Å². The number of benzene rings is 2. The first-order valence-electron chi connectivity index (χ1n) is 9.63. The lowest BCUT2D eigenvalue weighted by atomic mass is 10.2. The lowest BCUT2D eigenvalue weighted by molar-refractivity contribution is 0.395. The molecule has 0 spiro atoms. The molecular formula is C22H25N5O2. The molecule has 0 unspecified atom stereocenters. The summed E-state index contributed by atoms with van der Waals surface area (Å²) in [5.74, 6) is 3.08. The lowest BCUT2D eigenvalue weighted by Gasteiger charge is -2.36. The highest BCUT2D eigenvalue weighted by atomic mass is 16.5. The molecule has 150 valence electrons. The van der Waals surface area contributed by atoms with Crippen molar-refractivity contribution in [2.75, 3.05) is 55.5 Å². The fraction of sp³-hybridized carbons (Fsp3) is 0.273. The van der Waals surface area contributed by atoms with Crippen molar-refractivity contribution in [3.05, 3.63) is 60.9 Å². The van der Waals surface area contributed by atoms with E-state index in [0.29, 0.717) is 5.75 Å². The Morgan fingerprint density at radius 2 is 1.59 bits per heavy atom. The van der Waals surface area contributed by atoms with E-state index in [9.17, 15) is 0 Å². The number of hydrogen-bond acceptors (Lipinski definition) is 7. The van der Waals surface area contributed by atoms with Crippen LogP contribution >= 0.6 is 0 Å². The molecule has 7 nitrogen and oxygen atoms in total. The first kappa shape index (κ1) is 18.9. The summed E-state index contributed by atoms with van der Waals surface area (Å²) in [4.78, 5) is 13.5. The first-order chi connectivity index (χ1) is 14.3. The highest BCUT2D eigenvalue weighted by molar-refractivity contribution is 5.67. The Hall–Kier alpha value is -3.48. The maximum atomic E-state index is 5.46. The molecule has 1 aromatic heterocycles. The molecule has 0 bridgehead atoms. The fourth-order valence-corrected chi connectivity index (χ4v) is 3.46. The third kappa shape index (κ3) is 4.34. The minimum atomic E-state index is 0.695. The fourth-order valence-electron chi connectivity index (χ4n) is 3.46. The van der Waals surface area contributed by atoms with Crippen molar-refractivity contribution in [1.29, 1.82) is 0 Å². The van der Waals surface area contributed by atoms with Crippen LogP contribution in [0.2, 0.25) is 0 Å². The van der Waals surface area contributed by atoms with E-state index < -0.39 is 0 Å². The zero-order valence-electron chi connectivity index (χ0n) is 16.7. The van der Waals surface area contributed by atoms with Gasteiger partial charge in [-0.05, 0) is 24.3 Å². The summed E-state index contributed by atoms with van der Waals surface area (Å²) in [6.45, 7) is 3.75. The van der Waals surface area contributed by atoms with Gasteiger partial charge < -0.3 is 24.6 Å². The molecular weight excluding hydrogens is 366 g/mol. The van der Waals surface area contributed by atoms with E-state index in [2.05, 4.69) is 49.4 Å². The van der Waals surface area contributed by atoms with Crippen LogP contribution in [0.4, 0.5) is 23.0 Å². The number of aromatic nitrogens is 2. The average molecular weight is 391 g/mol. The molecule has 1 N–H and O–H groups in total. The molecule has 0 saturated carbocycles. The van der Waals surface area contributed by atoms with Crippen LogP contribution < -0.4 is 24.6 Å². The number of rotatable bonds is 6. The number of ether oxygens (including phenoxy) is 2. The molecule has 2 aromatic carbocycles. The van der Waals surface area contributed by atoms with Gasteiger partial charge in [0, 0.05) is 44.0 Å². The van der Waals surface area contributed by atoms with E-state index in [1.807, 2.05) is 30.3 Å². The van der Waals surface area contributed by atoms with Gasteiger partial charge in [0.15, 0.2) is 0 Å². The Balaban J connectivity index is 1.44. The van der Waals surface area contributed by atoms with Gasteiger partial charge in [-0.2, -0.15) is 0 Å². The molecule has 1 saturated heterocycles. The van der Waals surface area contributed by atoms with E-state index in [-0.39, 0.29) is 0 Å². The van der Waals surface area contributed by atoms with Gasteiger partial charge >= 0.3 is 0 Å². The van der Waals surface area contributed by atoms with Crippen molar-refractivity contribution in [2.24, 2.45) is 0 Å². The van der Waals surface area contributed by atoms with Crippen molar-refractivity contribution in [3.8, 4) is 11.5 Å². The smallest absolute Gasteiger partial charge is 0.146 e. The normalized spacial score (nSPS) is 13.9. The largest absolute Gasteiger partial charge is 0.497 e. The molecule has 1 fully saturated rings. The number of methoxy groups -OCH3 is 2. The Labute approximate surface area is 170 Å². The van der Waals surface area contributed by atoms with Crippen molar-refractivity contribution >= 4 is 23.0 Å². The highest BCUT2D eigenvalue weighted by Crippen LogP contribution is 2.31. The Morgan fingerprint density at radius 3 is 2.31 bits per heavy atom. The minimum Gasteiger partial charge on any atom is -0.497 e. The van der Waals surface area contributed by atoms with Crippen LogP contribution in [0.5, 0.6) is 11.5 Å². The molecule has 3 aromatic rings. The topological polar surface area (TPSA) is 62.8 Å². The van der Waals surface area contributed by atoms with Crippen molar-refractivity contribution in [1.82, 2.24) is 9.97 Å². The summed E-state index contributed by atoms with van der Waals surface area (Å²) >= 11 is 0. The maximum Gasteiger partial charge on any atom is 0.146 e. The zero-order chi connectivity index (χ0) is 20.1. The second-order valence-electron chi connectivity index (χ2n) is 6.76. The SMILES string of the molecule is COc1ccc(Nc2cc(N3CCN(c4ccccc4)CC3)ncn2)c(OC)c1. The Kier molecular flexibility index (Phi) is 5.65. The van der Waals surface area contributed by atoms with Gasteiger partial charge in [-0.25, -0.2) is 9.97 Å². The number of anilines is 4. The van der Waals surface area contributed by atoms with Gasteiger partial charge in [0.25, 0.3) is 0 Å². The van der Waals surface area contributed by atoms with E-state index in [0.717, 1.165) is 49.3 Å². The molecule has 0 amide bonds. The standard InChI is InChI=1S/C22H25N5O2/c1-28-18-8-9-19(20(14-18)29-2)25-21-15-22(24-16-23-21)27-12-10-26(11-13-27)17-6-4-3-5-7-17/h3-9,14-16H,10-13H2,1-2H3,(H,23,24,25). The van der Waals surface area contributed by atoms with E-state index in [4.69, 9.17) is 9.47 Å². The Bertz CT molecular complexity index is 943. The predicted octanol–water partition coefficient (Wildman–Crippen LogP) is 3.56. The molecule has 1 aliphatic rings. The maximum absolute atomic E-state index is 5.46. The van der Waals surface area contributed by atoms with Crippen molar-refractivity contribution in [2.45, 2.75) is 0 Å². The van der Waals surface area contributed by atoms with Crippen LogP contribution in [0.25, 0.3) is 0 Å². The van der Waals surface area contributed by atoms with Crippen LogP contribution in [-0.2, 0) is 0 Å². The van der Waals surface area contributed by atoms with Gasteiger partial charge in [-0.15, -0.1) is 0 Å². The third-order valence-corrected chi connectivity index (χ3v) is 5.05. The molecule has 0 atom stereocenters. The summed E-state index contributed by atoms with van der Waals surface area (Å²) < 4.78 is 10.7. The van der Waals surface area contributed by atoms with Crippen LogP contribution in [-0.4, -0.2) is 50.4 Å². The van der Waals surface area contributed by atoms with Gasteiger partial charge in [0.05, 0.1) is 19.9 Å². The van der Waals surface area contributed by atoms with E-state index in [1.165, 1.54) is 5.69 Å². The molecule has 4 rings (SSSR count). The van der Waals surface area contributed by atoms with Gasteiger partial charge in [-0.1, -0.05) is 18.2 Å². The first-order valence-corrected chi connectivity index (χ1v) is 9.63. The third-order valence-electron chi connectivity index (χ3n) is 5.05. The highest BCUT2D eigenvalue weighted by Gasteiger charge is 2.19. The van der Waals surface area contributed by atoms with Crippen LogP contribution in [0.3, 0.4) is 0 Å². The predicted molar refractivity (Wildman–Crippen MR) is 116 cm³/mol. The quantitative estimate of drug-likeness (QED) is 0.689. The van der Waals surface area contributed by atoms with Crippen molar-refractivity contribution in [3.63, 3.8) is 0 Å².